The highest BCUT2D eigenvalue weighted by Crippen LogP contribution is 2.20. The van der Waals surface area contributed by atoms with Crippen LogP contribution in [0.3, 0.4) is 0 Å². The van der Waals surface area contributed by atoms with Gasteiger partial charge in [0.1, 0.15) is 5.82 Å². The maximum Gasteiger partial charge on any atom is 0.305 e. The minimum atomic E-state index is -1.03. The summed E-state index contributed by atoms with van der Waals surface area (Å²) in [6.07, 6.45) is 5.56. The van der Waals surface area contributed by atoms with Crippen LogP contribution in [0.4, 0.5) is 5.82 Å². The average Bonchev–Trinajstić information content (AvgIpc) is 3.16. The first-order chi connectivity index (χ1) is 16.0. The second-order valence-corrected chi connectivity index (χ2v) is 8.33. The number of rotatable bonds is 9. The minimum absolute atomic E-state index is 0.117. The van der Waals surface area contributed by atoms with E-state index >= 15 is 0 Å². The van der Waals surface area contributed by atoms with E-state index < -0.39 is 17.9 Å². The fourth-order valence-electron chi connectivity index (χ4n) is 4.20. The molecule has 33 heavy (non-hydrogen) atoms. The van der Waals surface area contributed by atoms with Gasteiger partial charge in [-0.05, 0) is 42.5 Å². The average molecular weight is 453 g/mol. The first-order valence-electron chi connectivity index (χ1n) is 11.2. The molecule has 2 atom stereocenters. The number of anilines is 1. The highest BCUT2D eigenvalue weighted by Gasteiger charge is 2.33. The lowest BCUT2D eigenvalue weighted by Gasteiger charge is -2.21. The Hall–Kier alpha value is -3.53. The molecule has 0 radical (unpaired) electrons. The lowest BCUT2D eigenvalue weighted by Crippen LogP contribution is -2.43. The molecule has 10 heteroatoms. The van der Waals surface area contributed by atoms with Gasteiger partial charge in [-0.15, -0.1) is 0 Å². The summed E-state index contributed by atoms with van der Waals surface area (Å²) >= 11 is 0. The van der Waals surface area contributed by atoms with Crippen molar-refractivity contribution in [2.45, 2.75) is 44.3 Å². The molecule has 4 rings (SSSR count). The largest absolute Gasteiger partial charge is 0.481 e. The molecule has 0 saturated carbocycles. The molecular weight excluding hydrogens is 424 g/mol. The van der Waals surface area contributed by atoms with Crippen molar-refractivity contribution in [2.24, 2.45) is 0 Å². The van der Waals surface area contributed by atoms with E-state index in [2.05, 4.69) is 32.0 Å². The van der Waals surface area contributed by atoms with Gasteiger partial charge in [-0.3, -0.25) is 19.4 Å². The van der Waals surface area contributed by atoms with E-state index in [1.165, 1.54) is 16.7 Å². The second-order valence-electron chi connectivity index (χ2n) is 8.33. The van der Waals surface area contributed by atoms with Crippen molar-refractivity contribution in [1.29, 1.82) is 0 Å². The Bertz CT molecular complexity index is 1020. The van der Waals surface area contributed by atoms with Crippen LogP contribution >= 0.6 is 0 Å². The van der Waals surface area contributed by atoms with Crippen LogP contribution in [-0.2, 0) is 27.3 Å². The summed E-state index contributed by atoms with van der Waals surface area (Å²) in [5.41, 5.74) is 2.68. The van der Waals surface area contributed by atoms with Crippen molar-refractivity contribution in [2.75, 3.05) is 25.0 Å². The second kappa shape index (κ2) is 10.4. The predicted molar refractivity (Wildman–Crippen MR) is 120 cm³/mol. The highest BCUT2D eigenvalue weighted by molar-refractivity contribution is 5.89. The van der Waals surface area contributed by atoms with Gasteiger partial charge in [0, 0.05) is 32.0 Å². The van der Waals surface area contributed by atoms with Crippen molar-refractivity contribution in [3.05, 3.63) is 53.5 Å². The molecule has 10 nitrogen and oxygen atoms in total. The smallest absolute Gasteiger partial charge is 0.305 e. The van der Waals surface area contributed by atoms with E-state index in [1.54, 1.807) is 18.3 Å². The number of carboxylic acids is 1. The summed E-state index contributed by atoms with van der Waals surface area (Å²) in [7, 11) is 0. The van der Waals surface area contributed by atoms with Crippen LogP contribution in [0.15, 0.2) is 36.7 Å². The molecule has 0 aliphatic carbocycles. The molecule has 4 N–H and O–H groups in total. The van der Waals surface area contributed by atoms with E-state index in [-0.39, 0.29) is 24.9 Å². The third-order valence-corrected chi connectivity index (χ3v) is 5.91. The van der Waals surface area contributed by atoms with Gasteiger partial charge in [-0.1, -0.05) is 12.1 Å². The van der Waals surface area contributed by atoms with Crippen LogP contribution in [0, 0.1) is 0 Å². The number of nitrogens with zero attached hydrogens (tertiary/aromatic N) is 3. The number of hydrogen-bond acceptors (Lipinski definition) is 7. The Morgan fingerprint density at radius 2 is 2.18 bits per heavy atom. The Morgan fingerprint density at radius 1 is 1.30 bits per heavy atom. The normalized spacial score (nSPS) is 18.4. The molecule has 2 aromatic heterocycles. The van der Waals surface area contributed by atoms with Crippen LogP contribution in [0.5, 0.6) is 0 Å². The van der Waals surface area contributed by atoms with Gasteiger partial charge < -0.3 is 26.0 Å². The van der Waals surface area contributed by atoms with Crippen molar-refractivity contribution in [3.8, 4) is 0 Å². The fraction of sp³-hybridized carbons (Fsp3) is 0.435. The lowest BCUT2D eigenvalue weighted by molar-refractivity contribution is -0.138. The number of aliphatic carboxylic acids is 1. The van der Waals surface area contributed by atoms with Crippen molar-refractivity contribution in [3.63, 3.8) is 0 Å². The number of likely N-dealkylation sites (tertiary alicyclic amines) is 1. The van der Waals surface area contributed by atoms with Crippen LogP contribution in [0.25, 0.3) is 0 Å². The number of aryl methyl sites for hydroxylation is 1. The first-order valence-corrected chi connectivity index (χ1v) is 11.2. The molecule has 2 amide bonds. The molecule has 2 aliphatic rings. The van der Waals surface area contributed by atoms with Gasteiger partial charge in [0.2, 0.25) is 11.8 Å². The number of carbonyl (C=O) groups excluding carboxylic acids is 2. The first kappa shape index (κ1) is 22.7. The SMILES string of the molecule is O=C(O)C[C@@H](NC(=O)CN1CCC(NCc2ccc3c(n2)NCCC3)C1=O)c1cccnc1. The predicted octanol–water partition coefficient (Wildman–Crippen LogP) is 0.857. The van der Waals surface area contributed by atoms with Gasteiger partial charge in [0.25, 0.3) is 0 Å². The van der Waals surface area contributed by atoms with Gasteiger partial charge >= 0.3 is 5.97 Å². The number of pyridine rings is 2. The lowest BCUT2D eigenvalue weighted by atomic mass is 10.1. The standard InChI is InChI=1S/C23H28N6O4/c30-20(28-19(11-21(31)32)16-4-1-8-24-12-16)14-29-10-7-18(23(29)33)26-13-17-6-5-15-3-2-9-25-22(15)27-17/h1,4-6,8,12,18-19,26H,2-3,7,9-11,13-14H2,(H,25,27)(H,28,30)(H,31,32)/t18?,19-/m1/s1. The van der Waals surface area contributed by atoms with Crippen LogP contribution < -0.4 is 16.0 Å². The number of fused-ring (bicyclic) bond motifs is 1. The fourth-order valence-corrected chi connectivity index (χ4v) is 4.20. The maximum atomic E-state index is 12.8. The van der Waals surface area contributed by atoms with Crippen molar-refractivity contribution >= 4 is 23.6 Å². The monoisotopic (exact) mass is 452 g/mol. The Morgan fingerprint density at radius 3 is 2.97 bits per heavy atom. The number of aromatic nitrogens is 2. The summed E-state index contributed by atoms with van der Waals surface area (Å²) in [4.78, 5) is 46.7. The molecule has 1 unspecified atom stereocenters. The highest BCUT2D eigenvalue weighted by atomic mass is 16.4. The topological polar surface area (TPSA) is 137 Å². The molecule has 2 aliphatic heterocycles. The molecule has 0 aromatic carbocycles. The molecule has 1 saturated heterocycles. The zero-order valence-electron chi connectivity index (χ0n) is 18.3. The van der Waals surface area contributed by atoms with Gasteiger partial charge in [0.05, 0.1) is 30.7 Å². The molecule has 0 spiro atoms. The van der Waals surface area contributed by atoms with Crippen LogP contribution in [-0.4, -0.2) is 63.4 Å². The zero-order valence-corrected chi connectivity index (χ0v) is 18.3. The van der Waals surface area contributed by atoms with E-state index in [1.807, 2.05) is 6.07 Å². The quantitative estimate of drug-likeness (QED) is 0.440. The Kier molecular flexibility index (Phi) is 7.13. The van der Waals surface area contributed by atoms with Crippen LogP contribution in [0.2, 0.25) is 0 Å². The number of nitrogens with one attached hydrogen (secondary N) is 3. The van der Waals surface area contributed by atoms with E-state index in [0.717, 1.165) is 30.9 Å². The van der Waals surface area contributed by atoms with E-state index in [9.17, 15) is 19.5 Å². The van der Waals surface area contributed by atoms with Gasteiger partial charge in [0.15, 0.2) is 0 Å². The summed E-state index contributed by atoms with van der Waals surface area (Å²) in [6.45, 7) is 1.73. The van der Waals surface area contributed by atoms with E-state index in [4.69, 9.17) is 0 Å². The van der Waals surface area contributed by atoms with Gasteiger partial charge in [-0.25, -0.2) is 4.98 Å². The van der Waals surface area contributed by atoms with E-state index in [0.29, 0.717) is 25.1 Å². The number of carboxylic acid groups (broad SMARTS) is 1. The molecular formula is C23H28N6O4. The zero-order chi connectivity index (χ0) is 23.2. The molecule has 174 valence electrons. The maximum absolute atomic E-state index is 12.8. The third kappa shape index (κ3) is 5.83. The number of amides is 2. The summed E-state index contributed by atoms with van der Waals surface area (Å²) in [5.74, 6) is -0.656. The molecule has 0 bridgehead atoms. The van der Waals surface area contributed by atoms with Crippen LogP contribution in [0.1, 0.15) is 42.1 Å². The minimum Gasteiger partial charge on any atom is -0.481 e. The summed E-state index contributed by atoms with van der Waals surface area (Å²) in [6, 6.07) is 6.37. The Labute approximate surface area is 191 Å². The number of carbonyl (C=O) groups is 3. The third-order valence-electron chi connectivity index (χ3n) is 5.91. The van der Waals surface area contributed by atoms with Crippen molar-refractivity contribution in [1.82, 2.24) is 25.5 Å². The summed E-state index contributed by atoms with van der Waals surface area (Å²) < 4.78 is 0. The Balaban J connectivity index is 1.29. The molecule has 2 aromatic rings. The summed E-state index contributed by atoms with van der Waals surface area (Å²) in [5, 5.41) is 18.5. The van der Waals surface area contributed by atoms with Crippen molar-refractivity contribution < 1.29 is 19.5 Å². The van der Waals surface area contributed by atoms with Gasteiger partial charge in [-0.2, -0.15) is 0 Å². The number of hydrogen-bond donors (Lipinski definition) is 4. The molecule has 4 heterocycles. The molecule has 1 fully saturated rings.